The van der Waals surface area contributed by atoms with Gasteiger partial charge in [-0.3, -0.25) is 0 Å². The van der Waals surface area contributed by atoms with Crippen LogP contribution in [0.3, 0.4) is 0 Å². The molecule has 74 valence electrons. The first-order valence-corrected chi connectivity index (χ1v) is 4.60. The van der Waals surface area contributed by atoms with Gasteiger partial charge in [0.05, 0.1) is 12.5 Å². The minimum atomic E-state index is -0.176. The number of rotatable bonds is 4. The maximum Gasteiger partial charge on any atom is 0.0669 e. The van der Waals surface area contributed by atoms with E-state index in [9.17, 15) is 0 Å². The summed E-state index contributed by atoms with van der Waals surface area (Å²) in [6.45, 7) is 0.0715. The van der Waals surface area contributed by atoms with Crippen LogP contribution in [-0.2, 0) is 6.42 Å². The van der Waals surface area contributed by atoms with Crippen LogP contribution < -0.4 is 5.73 Å². The monoisotopic (exact) mass is 190 g/mol. The molecular weight excluding hydrogens is 176 g/mol. The lowest BCUT2D eigenvalue weighted by molar-refractivity contribution is 0.276. The number of aliphatic hydroxyl groups is 1. The molecule has 0 aromatic heterocycles. The van der Waals surface area contributed by atoms with E-state index in [-0.39, 0.29) is 12.6 Å². The normalized spacial score (nSPS) is 12.1. The molecule has 0 spiro atoms. The van der Waals surface area contributed by atoms with Crippen molar-refractivity contribution >= 4 is 0 Å². The molecule has 1 aromatic carbocycles. The largest absolute Gasteiger partial charge is 0.396 e. The summed E-state index contributed by atoms with van der Waals surface area (Å²) in [5, 5.41) is 17.4. The molecule has 0 aliphatic carbocycles. The fraction of sp³-hybridized carbons (Fsp3) is 0.364. The van der Waals surface area contributed by atoms with Gasteiger partial charge in [0.1, 0.15) is 0 Å². The number of hydrogen-bond acceptors (Lipinski definition) is 3. The maximum absolute atomic E-state index is 8.77. The van der Waals surface area contributed by atoms with Gasteiger partial charge in [-0.25, -0.2) is 0 Å². The SMILES string of the molecule is N#CCc1ccccc1C(N)CCO. The Morgan fingerprint density at radius 1 is 1.43 bits per heavy atom. The van der Waals surface area contributed by atoms with E-state index in [1.54, 1.807) is 0 Å². The third-order valence-electron chi connectivity index (χ3n) is 2.16. The second kappa shape index (κ2) is 5.38. The number of hydrogen-bond donors (Lipinski definition) is 2. The Hall–Kier alpha value is -1.37. The second-order valence-corrected chi connectivity index (χ2v) is 3.15. The van der Waals surface area contributed by atoms with E-state index in [4.69, 9.17) is 16.1 Å². The summed E-state index contributed by atoms with van der Waals surface area (Å²) < 4.78 is 0. The van der Waals surface area contributed by atoms with E-state index in [1.165, 1.54) is 0 Å². The molecular formula is C11H14N2O. The molecule has 0 bridgehead atoms. The molecule has 3 nitrogen and oxygen atoms in total. The van der Waals surface area contributed by atoms with Crippen molar-refractivity contribution in [3.8, 4) is 6.07 Å². The van der Waals surface area contributed by atoms with E-state index in [2.05, 4.69) is 6.07 Å². The van der Waals surface area contributed by atoms with Crippen LogP contribution in [0, 0.1) is 11.3 Å². The van der Waals surface area contributed by atoms with Crippen LogP contribution in [0.15, 0.2) is 24.3 Å². The molecule has 0 heterocycles. The number of nitrogens with two attached hydrogens (primary N) is 1. The Labute approximate surface area is 83.8 Å². The van der Waals surface area contributed by atoms with Gasteiger partial charge < -0.3 is 10.8 Å². The minimum absolute atomic E-state index is 0.0715. The van der Waals surface area contributed by atoms with Gasteiger partial charge in [-0.1, -0.05) is 24.3 Å². The highest BCUT2D eigenvalue weighted by molar-refractivity contribution is 5.31. The summed E-state index contributed by atoms with van der Waals surface area (Å²) in [5.41, 5.74) is 7.78. The number of nitriles is 1. The molecule has 0 fully saturated rings. The molecule has 0 aliphatic rings. The molecule has 0 aliphatic heterocycles. The van der Waals surface area contributed by atoms with Crippen LogP contribution in [0.5, 0.6) is 0 Å². The van der Waals surface area contributed by atoms with Crippen LogP contribution >= 0.6 is 0 Å². The standard InChI is InChI=1S/C11H14N2O/c12-7-5-9-3-1-2-4-10(9)11(13)6-8-14/h1-4,11,14H,5-6,8,13H2. The zero-order valence-corrected chi connectivity index (χ0v) is 7.98. The summed E-state index contributed by atoms with van der Waals surface area (Å²) in [6.07, 6.45) is 0.901. The third-order valence-corrected chi connectivity index (χ3v) is 2.16. The van der Waals surface area contributed by atoms with Gasteiger partial charge in [0, 0.05) is 12.6 Å². The van der Waals surface area contributed by atoms with Crippen molar-refractivity contribution in [1.29, 1.82) is 5.26 Å². The molecule has 1 rings (SSSR count). The van der Waals surface area contributed by atoms with Crippen LogP contribution in [0.1, 0.15) is 23.6 Å². The van der Waals surface area contributed by atoms with E-state index in [0.29, 0.717) is 12.8 Å². The summed E-state index contributed by atoms with van der Waals surface area (Å²) in [6, 6.07) is 9.52. The Morgan fingerprint density at radius 3 is 2.79 bits per heavy atom. The van der Waals surface area contributed by atoms with E-state index in [0.717, 1.165) is 11.1 Å². The lowest BCUT2D eigenvalue weighted by atomic mass is 9.97. The first-order valence-electron chi connectivity index (χ1n) is 4.60. The topological polar surface area (TPSA) is 70.0 Å². The average Bonchev–Trinajstić information content (AvgIpc) is 2.19. The highest BCUT2D eigenvalue weighted by atomic mass is 16.3. The molecule has 14 heavy (non-hydrogen) atoms. The van der Waals surface area contributed by atoms with Gasteiger partial charge in [0.15, 0.2) is 0 Å². The van der Waals surface area contributed by atoms with Crippen molar-refractivity contribution in [1.82, 2.24) is 0 Å². The van der Waals surface area contributed by atoms with Crippen molar-refractivity contribution < 1.29 is 5.11 Å². The summed E-state index contributed by atoms with van der Waals surface area (Å²) >= 11 is 0. The van der Waals surface area contributed by atoms with Crippen molar-refractivity contribution in [3.63, 3.8) is 0 Å². The minimum Gasteiger partial charge on any atom is -0.396 e. The average molecular weight is 190 g/mol. The quantitative estimate of drug-likeness (QED) is 0.747. The Balaban J connectivity index is 2.89. The van der Waals surface area contributed by atoms with Gasteiger partial charge in [0.25, 0.3) is 0 Å². The maximum atomic E-state index is 8.77. The van der Waals surface area contributed by atoms with Crippen molar-refractivity contribution in [2.24, 2.45) is 5.73 Å². The zero-order chi connectivity index (χ0) is 10.4. The van der Waals surface area contributed by atoms with Crippen molar-refractivity contribution in [3.05, 3.63) is 35.4 Å². The molecule has 0 saturated heterocycles. The summed E-state index contributed by atoms with van der Waals surface area (Å²) in [7, 11) is 0. The lowest BCUT2D eigenvalue weighted by Gasteiger charge is -2.13. The van der Waals surface area contributed by atoms with Crippen LogP contribution in [0.2, 0.25) is 0 Å². The van der Waals surface area contributed by atoms with Gasteiger partial charge in [-0.05, 0) is 17.5 Å². The van der Waals surface area contributed by atoms with E-state index >= 15 is 0 Å². The Bertz CT molecular complexity index is 330. The number of nitrogens with zero attached hydrogens (tertiary/aromatic N) is 1. The summed E-state index contributed by atoms with van der Waals surface area (Å²) in [5.74, 6) is 0. The van der Waals surface area contributed by atoms with Crippen LogP contribution in [-0.4, -0.2) is 11.7 Å². The molecule has 0 saturated carbocycles. The molecule has 3 heteroatoms. The first kappa shape index (κ1) is 10.7. The van der Waals surface area contributed by atoms with E-state index < -0.39 is 0 Å². The second-order valence-electron chi connectivity index (χ2n) is 3.15. The van der Waals surface area contributed by atoms with Crippen molar-refractivity contribution in [2.75, 3.05) is 6.61 Å². The zero-order valence-electron chi connectivity index (χ0n) is 7.98. The molecule has 1 aromatic rings. The molecule has 0 amide bonds. The lowest BCUT2D eigenvalue weighted by Crippen LogP contribution is -2.13. The third kappa shape index (κ3) is 2.56. The molecule has 0 radical (unpaired) electrons. The fourth-order valence-corrected chi connectivity index (χ4v) is 1.44. The number of benzene rings is 1. The van der Waals surface area contributed by atoms with Crippen LogP contribution in [0.4, 0.5) is 0 Å². The molecule has 1 unspecified atom stereocenters. The Morgan fingerprint density at radius 2 is 2.14 bits per heavy atom. The summed E-state index contributed by atoms with van der Waals surface area (Å²) in [4.78, 5) is 0. The fourth-order valence-electron chi connectivity index (χ4n) is 1.44. The highest BCUT2D eigenvalue weighted by Crippen LogP contribution is 2.18. The van der Waals surface area contributed by atoms with Gasteiger partial charge in [0.2, 0.25) is 0 Å². The highest BCUT2D eigenvalue weighted by Gasteiger charge is 2.09. The van der Waals surface area contributed by atoms with E-state index in [1.807, 2.05) is 24.3 Å². The smallest absolute Gasteiger partial charge is 0.0669 e. The Kier molecular flexibility index (Phi) is 4.11. The molecule has 1 atom stereocenters. The predicted octanol–water partition coefficient (Wildman–Crippen LogP) is 1.13. The van der Waals surface area contributed by atoms with Gasteiger partial charge in [-0.15, -0.1) is 0 Å². The van der Waals surface area contributed by atoms with Gasteiger partial charge in [-0.2, -0.15) is 5.26 Å². The predicted molar refractivity (Wildman–Crippen MR) is 54.4 cm³/mol. The molecule has 3 N–H and O–H groups in total. The van der Waals surface area contributed by atoms with Gasteiger partial charge >= 0.3 is 0 Å². The van der Waals surface area contributed by atoms with Crippen LogP contribution in [0.25, 0.3) is 0 Å². The first-order chi connectivity index (χ1) is 6.79. The van der Waals surface area contributed by atoms with Crippen molar-refractivity contribution in [2.45, 2.75) is 18.9 Å². The number of aliphatic hydroxyl groups excluding tert-OH is 1.